The highest BCUT2D eigenvalue weighted by atomic mass is 127. The van der Waals surface area contributed by atoms with E-state index in [1.807, 2.05) is 12.1 Å². The molecule has 0 radical (unpaired) electrons. The number of methoxy groups -OCH3 is 1. The second kappa shape index (κ2) is 8.79. The van der Waals surface area contributed by atoms with Crippen molar-refractivity contribution < 1.29 is 4.74 Å². The summed E-state index contributed by atoms with van der Waals surface area (Å²) in [6.07, 6.45) is 2.17. The van der Waals surface area contributed by atoms with Gasteiger partial charge in [0, 0.05) is 5.56 Å². The zero-order valence-electron chi connectivity index (χ0n) is 13.3. The summed E-state index contributed by atoms with van der Waals surface area (Å²) < 4.78 is 6.49. The Hall–Kier alpha value is -0.550. The molecule has 21 heavy (non-hydrogen) atoms. The second-order valence-electron chi connectivity index (χ2n) is 5.52. The molecular formula is C17H23ClINO. The average Bonchev–Trinajstić information content (AvgIpc) is 2.42. The van der Waals surface area contributed by atoms with E-state index in [4.69, 9.17) is 16.3 Å². The molecule has 4 heteroatoms. The first-order valence-electron chi connectivity index (χ1n) is 7.09. The van der Waals surface area contributed by atoms with Crippen molar-refractivity contribution in [2.45, 2.75) is 40.5 Å². The summed E-state index contributed by atoms with van der Waals surface area (Å²) in [7, 11) is 1.69. The van der Waals surface area contributed by atoms with Crippen LogP contribution in [0.25, 0.3) is 5.70 Å². The van der Waals surface area contributed by atoms with E-state index >= 15 is 0 Å². The normalized spacial score (nSPS) is 13.4. The van der Waals surface area contributed by atoms with Crippen molar-refractivity contribution >= 4 is 45.1 Å². The monoisotopic (exact) mass is 419 g/mol. The van der Waals surface area contributed by atoms with Crippen LogP contribution in [0.5, 0.6) is 5.75 Å². The Morgan fingerprint density at radius 1 is 1.33 bits per heavy atom. The molecule has 1 rings (SSSR count). The van der Waals surface area contributed by atoms with E-state index in [0.717, 1.165) is 33.4 Å². The fourth-order valence-corrected chi connectivity index (χ4v) is 2.63. The summed E-state index contributed by atoms with van der Waals surface area (Å²) in [5, 5.41) is 0.548. The summed E-state index contributed by atoms with van der Waals surface area (Å²) in [6.45, 7) is 8.40. The Morgan fingerprint density at radius 2 is 2.00 bits per heavy atom. The van der Waals surface area contributed by atoms with Gasteiger partial charge in [0.1, 0.15) is 10.9 Å². The Labute approximate surface area is 146 Å². The number of allylic oxidation sites excluding steroid dienone is 1. The SMILES string of the molecule is COc1cc(/C(N=C(C)Cl)=C(/C)CCC(C)C)ccc1I. The highest BCUT2D eigenvalue weighted by Gasteiger charge is 2.10. The molecule has 0 saturated heterocycles. The lowest BCUT2D eigenvalue weighted by molar-refractivity contribution is 0.411. The number of halogens is 2. The van der Waals surface area contributed by atoms with Crippen LogP contribution in [0.4, 0.5) is 0 Å². The first-order chi connectivity index (χ1) is 9.85. The van der Waals surface area contributed by atoms with Crippen LogP contribution in [0.1, 0.15) is 46.1 Å². The standard InChI is InChI=1S/C17H23ClINO/c1-11(2)6-7-12(3)17(20-13(4)18)14-8-9-15(19)16(10-14)21-5/h8-11H,6-7H2,1-5H3/b17-12+,20-13?. The lowest BCUT2D eigenvalue weighted by atomic mass is 9.99. The summed E-state index contributed by atoms with van der Waals surface area (Å²) in [5.74, 6) is 1.54. The van der Waals surface area contributed by atoms with E-state index in [2.05, 4.69) is 54.4 Å². The molecule has 0 bridgehead atoms. The van der Waals surface area contributed by atoms with Crippen molar-refractivity contribution in [3.05, 3.63) is 32.9 Å². The fraction of sp³-hybridized carbons (Fsp3) is 0.471. The van der Waals surface area contributed by atoms with Crippen molar-refractivity contribution in [3.63, 3.8) is 0 Å². The van der Waals surface area contributed by atoms with E-state index in [9.17, 15) is 0 Å². The maximum Gasteiger partial charge on any atom is 0.132 e. The molecule has 0 unspecified atom stereocenters. The van der Waals surface area contributed by atoms with Crippen LogP contribution >= 0.6 is 34.2 Å². The number of benzene rings is 1. The Kier molecular flexibility index (Phi) is 7.74. The van der Waals surface area contributed by atoms with Crippen LogP contribution in [-0.2, 0) is 0 Å². The van der Waals surface area contributed by atoms with Gasteiger partial charge in [-0.05, 0) is 72.9 Å². The van der Waals surface area contributed by atoms with Gasteiger partial charge in [0.25, 0.3) is 0 Å². The Bertz CT molecular complexity index is 546. The van der Waals surface area contributed by atoms with Crippen molar-refractivity contribution in [1.29, 1.82) is 0 Å². The smallest absolute Gasteiger partial charge is 0.132 e. The highest BCUT2D eigenvalue weighted by molar-refractivity contribution is 14.1. The number of ether oxygens (including phenoxy) is 1. The summed E-state index contributed by atoms with van der Waals surface area (Å²) in [6, 6.07) is 6.14. The van der Waals surface area contributed by atoms with Crippen molar-refractivity contribution in [2.75, 3.05) is 7.11 Å². The third-order valence-corrected chi connectivity index (χ3v) is 4.17. The molecule has 0 aliphatic carbocycles. The van der Waals surface area contributed by atoms with E-state index in [1.54, 1.807) is 14.0 Å². The van der Waals surface area contributed by atoms with Gasteiger partial charge in [-0.2, -0.15) is 0 Å². The molecule has 0 atom stereocenters. The molecule has 0 amide bonds. The van der Waals surface area contributed by atoms with Gasteiger partial charge >= 0.3 is 0 Å². The van der Waals surface area contributed by atoms with E-state index in [0.29, 0.717) is 11.1 Å². The van der Waals surface area contributed by atoms with Gasteiger partial charge < -0.3 is 4.74 Å². The fourth-order valence-electron chi connectivity index (χ4n) is 1.99. The molecule has 0 N–H and O–H groups in total. The minimum absolute atomic E-state index is 0.548. The molecule has 0 spiro atoms. The molecule has 2 nitrogen and oxygen atoms in total. The van der Waals surface area contributed by atoms with Crippen molar-refractivity contribution in [2.24, 2.45) is 10.9 Å². The summed E-state index contributed by atoms with van der Waals surface area (Å²) >= 11 is 8.28. The van der Waals surface area contributed by atoms with E-state index in [-0.39, 0.29) is 0 Å². The number of hydrogen-bond donors (Lipinski definition) is 0. The molecular weight excluding hydrogens is 397 g/mol. The molecule has 0 aliphatic rings. The van der Waals surface area contributed by atoms with E-state index in [1.165, 1.54) is 5.57 Å². The minimum atomic E-state index is 0.548. The lowest BCUT2D eigenvalue weighted by Crippen LogP contribution is -1.95. The average molecular weight is 420 g/mol. The Balaban J connectivity index is 3.25. The van der Waals surface area contributed by atoms with Crippen LogP contribution in [0.15, 0.2) is 28.8 Å². The second-order valence-corrected chi connectivity index (χ2v) is 7.23. The predicted octanol–water partition coefficient (Wildman–Crippen LogP) is 6.12. The van der Waals surface area contributed by atoms with Crippen LogP contribution < -0.4 is 4.74 Å². The molecule has 0 fully saturated rings. The van der Waals surface area contributed by atoms with Gasteiger partial charge in [0.2, 0.25) is 0 Å². The molecule has 0 aliphatic heterocycles. The van der Waals surface area contributed by atoms with Gasteiger partial charge in [-0.1, -0.05) is 31.5 Å². The van der Waals surface area contributed by atoms with Gasteiger partial charge in [0.15, 0.2) is 0 Å². The lowest BCUT2D eigenvalue weighted by Gasteiger charge is -2.12. The van der Waals surface area contributed by atoms with Crippen LogP contribution in [0.3, 0.4) is 0 Å². The predicted molar refractivity (Wildman–Crippen MR) is 101 cm³/mol. The maximum atomic E-state index is 6.02. The molecule has 0 aromatic heterocycles. The minimum Gasteiger partial charge on any atom is -0.496 e. The number of rotatable bonds is 6. The van der Waals surface area contributed by atoms with Gasteiger partial charge in [-0.25, -0.2) is 4.99 Å². The summed E-state index contributed by atoms with van der Waals surface area (Å²) in [5.41, 5.74) is 3.26. The number of nitrogens with zero attached hydrogens (tertiary/aromatic N) is 1. The van der Waals surface area contributed by atoms with Gasteiger partial charge in [-0.3, -0.25) is 0 Å². The number of hydrogen-bond acceptors (Lipinski definition) is 2. The third-order valence-electron chi connectivity index (χ3n) is 3.19. The largest absolute Gasteiger partial charge is 0.496 e. The first-order valence-corrected chi connectivity index (χ1v) is 8.55. The zero-order valence-corrected chi connectivity index (χ0v) is 16.2. The molecule has 1 aromatic rings. The number of aliphatic imine (C=N–C) groups is 1. The molecule has 0 heterocycles. The van der Waals surface area contributed by atoms with Crippen LogP contribution in [0.2, 0.25) is 0 Å². The highest BCUT2D eigenvalue weighted by Crippen LogP contribution is 2.30. The van der Waals surface area contributed by atoms with Gasteiger partial charge in [0.05, 0.1) is 16.4 Å². The Morgan fingerprint density at radius 3 is 2.52 bits per heavy atom. The molecule has 116 valence electrons. The first kappa shape index (κ1) is 18.5. The van der Waals surface area contributed by atoms with Crippen LogP contribution in [-0.4, -0.2) is 12.3 Å². The van der Waals surface area contributed by atoms with Crippen molar-refractivity contribution in [3.8, 4) is 5.75 Å². The molecule has 1 aromatic carbocycles. The maximum absolute atomic E-state index is 6.02. The zero-order chi connectivity index (χ0) is 16.0. The van der Waals surface area contributed by atoms with Crippen molar-refractivity contribution in [1.82, 2.24) is 0 Å². The van der Waals surface area contributed by atoms with Gasteiger partial charge in [-0.15, -0.1) is 0 Å². The third kappa shape index (κ3) is 5.99. The van der Waals surface area contributed by atoms with E-state index < -0.39 is 0 Å². The topological polar surface area (TPSA) is 21.6 Å². The quantitative estimate of drug-likeness (QED) is 0.402. The summed E-state index contributed by atoms with van der Waals surface area (Å²) in [4.78, 5) is 4.53. The van der Waals surface area contributed by atoms with Crippen LogP contribution in [0, 0.1) is 9.49 Å². The molecule has 0 saturated carbocycles.